The third-order valence-corrected chi connectivity index (χ3v) is 3.35. The average Bonchev–Trinajstić information content (AvgIpc) is 2.45. The lowest BCUT2D eigenvalue weighted by molar-refractivity contribution is -0.118. The van der Waals surface area contributed by atoms with E-state index in [9.17, 15) is 9.59 Å². The van der Waals surface area contributed by atoms with Crippen LogP contribution in [-0.2, 0) is 16.1 Å². The Morgan fingerprint density at radius 2 is 2.20 bits per heavy atom. The van der Waals surface area contributed by atoms with Crippen LogP contribution in [0.25, 0.3) is 0 Å². The number of pyridine rings is 1. The number of ether oxygens (including phenoxy) is 1. The minimum atomic E-state index is -0.556. The maximum atomic E-state index is 12.0. The van der Waals surface area contributed by atoms with Gasteiger partial charge in [-0.25, -0.2) is 0 Å². The molecule has 0 radical (unpaired) electrons. The predicted octanol–water partition coefficient (Wildman–Crippen LogP) is 0.807. The molecular formula is C14H23N3O3. The lowest BCUT2D eigenvalue weighted by Crippen LogP contribution is -2.40. The molecule has 0 aliphatic heterocycles. The van der Waals surface area contributed by atoms with Crippen LogP contribution in [-0.4, -0.2) is 30.2 Å². The number of aromatic nitrogens is 1. The van der Waals surface area contributed by atoms with E-state index in [0.717, 1.165) is 6.42 Å². The van der Waals surface area contributed by atoms with Crippen LogP contribution in [0, 0.1) is 5.92 Å². The van der Waals surface area contributed by atoms with Crippen molar-refractivity contribution in [1.29, 1.82) is 0 Å². The fourth-order valence-corrected chi connectivity index (χ4v) is 1.71. The predicted molar refractivity (Wildman–Crippen MR) is 78.6 cm³/mol. The molecule has 3 N–H and O–H groups in total. The number of hydrogen-bond acceptors (Lipinski definition) is 4. The molecule has 0 aliphatic carbocycles. The molecule has 1 aromatic rings. The number of carbonyl (C=O) groups excluding carboxylic acids is 1. The van der Waals surface area contributed by atoms with Crippen molar-refractivity contribution in [1.82, 2.24) is 4.57 Å². The van der Waals surface area contributed by atoms with Crippen LogP contribution >= 0.6 is 0 Å². The van der Waals surface area contributed by atoms with Gasteiger partial charge >= 0.3 is 0 Å². The largest absolute Gasteiger partial charge is 0.383 e. The Balaban J connectivity index is 2.77. The minimum Gasteiger partial charge on any atom is -0.383 e. The summed E-state index contributed by atoms with van der Waals surface area (Å²) in [5.74, 6) is -0.134. The minimum absolute atomic E-state index is 0.106. The van der Waals surface area contributed by atoms with E-state index >= 15 is 0 Å². The standard InChI is InChI=1S/C14H23N3O3/c1-4-10(2)13(15)14(19)16-11-5-6-12(18)17(9-11)7-8-20-3/h5-6,9-10,13H,4,7-8,15H2,1-3H3,(H,16,19)/t10?,13-/m0/s1. The number of anilines is 1. The first-order valence-corrected chi connectivity index (χ1v) is 6.75. The fourth-order valence-electron chi connectivity index (χ4n) is 1.71. The first-order valence-electron chi connectivity index (χ1n) is 6.75. The van der Waals surface area contributed by atoms with Crippen molar-refractivity contribution in [2.75, 3.05) is 19.0 Å². The van der Waals surface area contributed by atoms with Gasteiger partial charge in [0.25, 0.3) is 5.56 Å². The Morgan fingerprint density at radius 1 is 1.50 bits per heavy atom. The maximum Gasteiger partial charge on any atom is 0.250 e. The van der Waals surface area contributed by atoms with Crippen molar-refractivity contribution in [3.05, 3.63) is 28.7 Å². The zero-order chi connectivity index (χ0) is 15.1. The Morgan fingerprint density at radius 3 is 2.80 bits per heavy atom. The summed E-state index contributed by atoms with van der Waals surface area (Å²) in [6.45, 7) is 4.80. The van der Waals surface area contributed by atoms with Crippen molar-refractivity contribution >= 4 is 11.6 Å². The van der Waals surface area contributed by atoms with E-state index in [-0.39, 0.29) is 17.4 Å². The van der Waals surface area contributed by atoms with Crippen LogP contribution < -0.4 is 16.6 Å². The molecule has 1 amide bonds. The number of nitrogens with two attached hydrogens (primary N) is 1. The Kier molecular flexibility index (Phi) is 6.41. The Hall–Kier alpha value is -1.66. The number of nitrogens with zero attached hydrogens (tertiary/aromatic N) is 1. The molecule has 0 saturated carbocycles. The molecule has 1 heterocycles. The molecule has 0 aliphatic rings. The summed E-state index contributed by atoms with van der Waals surface area (Å²) < 4.78 is 6.43. The lowest BCUT2D eigenvalue weighted by atomic mass is 9.99. The van der Waals surface area contributed by atoms with Crippen LogP contribution in [0.1, 0.15) is 20.3 Å². The quantitative estimate of drug-likeness (QED) is 0.774. The number of nitrogens with one attached hydrogen (secondary N) is 1. The summed E-state index contributed by atoms with van der Waals surface area (Å²) in [7, 11) is 1.57. The zero-order valence-corrected chi connectivity index (χ0v) is 12.3. The van der Waals surface area contributed by atoms with E-state index in [1.807, 2.05) is 13.8 Å². The van der Waals surface area contributed by atoms with Gasteiger partial charge in [-0.1, -0.05) is 20.3 Å². The Labute approximate surface area is 118 Å². The highest BCUT2D eigenvalue weighted by molar-refractivity contribution is 5.94. The van der Waals surface area contributed by atoms with Crippen LogP contribution in [0.3, 0.4) is 0 Å². The third-order valence-electron chi connectivity index (χ3n) is 3.35. The summed E-state index contributed by atoms with van der Waals surface area (Å²) in [5.41, 5.74) is 6.29. The summed E-state index contributed by atoms with van der Waals surface area (Å²) in [6.07, 6.45) is 2.44. The van der Waals surface area contributed by atoms with Gasteiger partial charge < -0.3 is 20.4 Å². The number of hydrogen-bond donors (Lipinski definition) is 2. The highest BCUT2D eigenvalue weighted by atomic mass is 16.5. The normalized spacial score (nSPS) is 13.8. The second-order valence-corrected chi connectivity index (χ2v) is 4.84. The molecule has 0 bridgehead atoms. The van der Waals surface area contributed by atoms with E-state index in [0.29, 0.717) is 18.8 Å². The van der Waals surface area contributed by atoms with Gasteiger partial charge in [-0.3, -0.25) is 9.59 Å². The molecule has 0 fully saturated rings. The van der Waals surface area contributed by atoms with E-state index in [1.165, 1.54) is 10.6 Å². The van der Waals surface area contributed by atoms with Gasteiger partial charge in [-0.15, -0.1) is 0 Å². The molecule has 0 saturated heterocycles. The molecule has 112 valence electrons. The summed E-state index contributed by atoms with van der Waals surface area (Å²) in [5, 5.41) is 2.74. The fraction of sp³-hybridized carbons (Fsp3) is 0.571. The third kappa shape index (κ3) is 4.47. The van der Waals surface area contributed by atoms with E-state index in [2.05, 4.69) is 5.32 Å². The molecule has 0 spiro atoms. The monoisotopic (exact) mass is 281 g/mol. The van der Waals surface area contributed by atoms with Gasteiger partial charge in [0, 0.05) is 25.9 Å². The van der Waals surface area contributed by atoms with Gasteiger partial charge in [-0.2, -0.15) is 0 Å². The molecule has 2 atom stereocenters. The lowest BCUT2D eigenvalue weighted by Gasteiger charge is -2.18. The number of methoxy groups -OCH3 is 1. The van der Waals surface area contributed by atoms with Crippen molar-refractivity contribution < 1.29 is 9.53 Å². The molecule has 1 rings (SSSR count). The number of rotatable bonds is 7. The van der Waals surface area contributed by atoms with Gasteiger partial charge in [0.15, 0.2) is 0 Å². The molecular weight excluding hydrogens is 258 g/mol. The summed E-state index contributed by atoms with van der Waals surface area (Å²) >= 11 is 0. The van der Waals surface area contributed by atoms with Crippen molar-refractivity contribution in [2.24, 2.45) is 11.7 Å². The summed E-state index contributed by atoms with van der Waals surface area (Å²) in [4.78, 5) is 23.6. The van der Waals surface area contributed by atoms with Gasteiger partial charge in [0.05, 0.1) is 18.3 Å². The number of amides is 1. The second kappa shape index (κ2) is 7.81. The molecule has 6 nitrogen and oxygen atoms in total. The van der Waals surface area contributed by atoms with Crippen LogP contribution in [0.15, 0.2) is 23.1 Å². The molecule has 1 unspecified atom stereocenters. The molecule has 0 aromatic carbocycles. The second-order valence-electron chi connectivity index (χ2n) is 4.84. The van der Waals surface area contributed by atoms with E-state index in [4.69, 9.17) is 10.5 Å². The Bertz CT molecular complexity index is 499. The van der Waals surface area contributed by atoms with Crippen molar-refractivity contribution in [3.8, 4) is 0 Å². The zero-order valence-electron chi connectivity index (χ0n) is 12.3. The summed E-state index contributed by atoms with van der Waals surface area (Å²) in [6, 6.07) is 2.44. The SMILES string of the molecule is CCC(C)[C@H](N)C(=O)Nc1ccc(=O)n(CCOC)c1. The average molecular weight is 281 g/mol. The van der Waals surface area contributed by atoms with E-state index < -0.39 is 6.04 Å². The van der Waals surface area contributed by atoms with E-state index in [1.54, 1.807) is 19.4 Å². The topological polar surface area (TPSA) is 86.4 Å². The highest BCUT2D eigenvalue weighted by Gasteiger charge is 2.19. The molecule has 1 aromatic heterocycles. The molecule has 6 heteroatoms. The first kappa shape index (κ1) is 16.4. The highest BCUT2D eigenvalue weighted by Crippen LogP contribution is 2.09. The van der Waals surface area contributed by atoms with Crippen molar-refractivity contribution in [3.63, 3.8) is 0 Å². The van der Waals surface area contributed by atoms with Gasteiger partial charge in [0.2, 0.25) is 5.91 Å². The van der Waals surface area contributed by atoms with Crippen molar-refractivity contribution in [2.45, 2.75) is 32.9 Å². The number of carbonyl (C=O) groups is 1. The van der Waals surface area contributed by atoms with Crippen LogP contribution in [0.2, 0.25) is 0 Å². The van der Waals surface area contributed by atoms with Crippen LogP contribution in [0.5, 0.6) is 0 Å². The first-order chi connectivity index (χ1) is 9.49. The van der Waals surface area contributed by atoms with Crippen LogP contribution in [0.4, 0.5) is 5.69 Å². The maximum absolute atomic E-state index is 12.0. The van der Waals surface area contributed by atoms with Gasteiger partial charge in [0.1, 0.15) is 0 Å². The van der Waals surface area contributed by atoms with Gasteiger partial charge in [-0.05, 0) is 12.0 Å². The smallest absolute Gasteiger partial charge is 0.250 e. The molecule has 20 heavy (non-hydrogen) atoms.